The second-order valence-electron chi connectivity index (χ2n) is 8.66. The average Bonchev–Trinajstić information content (AvgIpc) is 3.32. The van der Waals surface area contributed by atoms with Crippen LogP contribution < -0.4 is 5.32 Å². The Kier molecular flexibility index (Phi) is 8.55. The van der Waals surface area contributed by atoms with Crippen LogP contribution in [-0.4, -0.2) is 46.2 Å². The number of rotatable bonds is 9. The number of aliphatic hydroxyl groups excluding tert-OH is 1. The highest BCUT2D eigenvalue weighted by molar-refractivity contribution is 7.99. The summed E-state index contributed by atoms with van der Waals surface area (Å²) in [5, 5.41) is 13.2. The van der Waals surface area contributed by atoms with Crippen LogP contribution in [0.4, 0.5) is 4.79 Å². The molecular formula is C20H37NO4S. The lowest BCUT2D eigenvalue weighted by Gasteiger charge is -2.26. The van der Waals surface area contributed by atoms with Crippen LogP contribution >= 0.6 is 11.8 Å². The number of hydrogen-bond donors (Lipinski definition) is 2. The van der Waals surface area contributed by atoms with E-state index in [2.05, 4.69) is 12.2 Å². The summed E-state index contributed by atoms with van der Waals surface area (Å²) in [6, 6.07) is 0. The molecule has 26 heavy (non-hydrogen) atoms. The number of aliphatic hydroxyl groups is 1. The van der Waals surface area contributed by atoms with Crippen molar-refractivity contribution in [3.05, 3.63) is 0 Å². The van der Waals surface area contributed by atoms with Crippen molar-refractivity contribution in [2.45, 2.75) is 108 Å². The van der Waals surface area contributed by atoms with E-state index in [0.717, 1.165) is 30.9 Å². The molecule has 1 amide bonds. The van der Waals surface area contributed by atoms with Crippen LogP contribution in [0, 0.1) is 5.92 Å². The lowest BCUT2D eigenvalue weighted by molar-refractivity contribution is 0.0458. The maximum atomic E-state index is 12.1. The molecule has 1 heterocycles. The van der Waals surface area contributed by atoms with Gasteiger partial charge in [-0.3, -0.25) is 0 Å². The normalized spacial score (nSPS) is 26.2. The number of hydrogen-bond acceptors (Lipinski definition) is 5. The van der Waals surface area contributed by atoms with Crippen molar-refractivity contribution in [2.75, 3.05) is 5.75 Å². The molecule has 0 spiro atoms. The molecule has 0 bridgehead atoms. The van der Waals surface area contributed by atoms with Gasteiger partial charge in [-0.25, -0.2) is 4.79 Å². The van der Waals surface area contributed by atoms with Gasteiger partial charge >= 0.3 is 6.09 Å². The van der Waals surface area contributed by atoms with Crippen LogP contribution in [0.3, 0.4) is 0 Å². The summed E-state index contributed by atoms with van der Waals surface area (Å²) in [6.45, 7) is 7.66. The Labute approximate surface area is 163 Å². The van der Waals surface area contributed by atoms with Gasteiger partial charge in [0.25, 0.3) is 0 Å². The van der Waals surface area contributed by atoms with Gasteiger partial charge < -0.3 is 19.9 Å². The molecule has 0 unspecified atom stereocenters. The Morgan fingerprint density at radius 1 is 1.31 bits per heavy atom. The van der Waals surface area contributed by atoms with E-state index in [1.165, 1.54) is 32.1 Å². The van der Waals surface area contributed by atoms with Crippen LogP contribution in [0.2, 0.25) is 0 Å². The lowest BCUT2D eigenvalue weighted by atomic mass is 9.85. The molecular weight excluding hydrogens is 350 g/mol. The summed E-state index contributed by atoms with van der Waals surface area (Å²) < 4.78 is 11.2. The lowest BCUT2D eigenvalue weighted by Crippen LogP contribution is -2.46. The van der Waals surface area contributed by atoms with E-state index in [1.807, 2.05) is 20.8 Å². The molecule has 0 aromatic rings. The summed E-state index contributed by atoms with van der Waals surface area (Å²) in [6.07, 6.45) is 8.56. The van der Waals surface area contributed by atoms with E-state index >= 15 is 0 Å². The zero-order valence-corrected chi connectivity index (χ0v) is 17.6. The van der Waals surface area contributed by atoms with Crippen LogP contribution in [-0.2, 0) is 9.47 Å². The molecule has 2 rings (SSSR count). The molecule has 2 aliphatic rings. The van der Waals surface area contributed by atoms with E-state index in [9.17, 15) is 9.90 Å². The Morgan fingerprint density at radius 2 is 2.00 bits per heavy atom. The maximum absolute atomic E-state index is 12.1. The van der Waals surface area contributed by atoms with Gasteiger partial charge in [-0.15, -0.1) is 11.8 Å². The van der Waals surface area contributed by atoms with Crippen molar-refractivity contribution >= 4 is 17.9 Å². The van der Waals surface area contributed by atoms with E-state index in [1.54, 1.807) is 11.8 Å². The van der Waals surface area contributed by atoms with Crippen molar-refractivity contribution in [1.82, 2.24) is 5.32 Å². The topological polar surface area (TPSA) is 71.1 Å². The molecule has 1 saturated heterocycles. The van der Waals surface area contributed by atoms with Gasteiger partial charge in [0.2, 0.25) is 0 Å². The molecule has 2 N–H and O–H groups in total. The molecule has 4 atom stereocenters. The third kappa shape index (κ3) is 7.65. The second-order valence-corrected chi connectivity index (χ2v) is 9.91. The zero-order chi connectivity index (χ0) is 19.2. The molecule has 1 saturated carbocycles. The first-order chi connectivity index (χ1) is 12.3. The standard InChI is InChI=1S/C20H37NO4S/c1-5-6-12-26-18(21-19(23)25-20(2,3)4)16(22)17-15(24-17)13-14-10-8-7-9-11-14/h14-18,22H,5-13H2,1-4H3,(H,21,23)/t15-,16-,17+,18+/m1/s1. The number of unbranched alkanes of at least 4 members (excludes halogenated alkanes) is 1. The summed E-state index contributed by atoms with van der Waals surface area (Å²) >= 11 is 1.58. The predicted octanol–water partition coefficient (Wildman–Crippen LogP) is 4.47. The summed E-state index contributed by atoms with van der Waals surface area (Å²) in [5.74, 6) is 1.63. The zero-order valence-electron chi connectivity index (χ0n) is 16.8. The van der Waals surface area contributed by atoms with Gasteiger partial charge in [0.15, 0.2) is 0 Å². The first-order valence-electron chi connectivity index (χ1n) is 10.2. The summed E-state index contributed by atoms with van der Waals surface area (Å²) in [4.78, 5) is 12.1. The minimum atomic E-state index is -0.696. The highest BCUT2D eigenvalue weighted by atomic mass is 32.2. The van der Waals surface area contributed by atoms with E-state index in [-0.39, 0.29) is 12.2 Å². The monoisotopic (exact) mass is 387 g/mol. The molecule has 6 heteroatoms. The third-order valence-corrected chi connectivity index (χ3v) is 6.29. The van der Waals surface area contributed by atoms with Crippen LogP contribution in [0.15, 0.2) is 0 Å². The fourth-order valence-corrected chi connectivity index (χ4v) is 4.82. The van der Waals surface area contributed by atoms with Gasteiger partial charge in [0.1, 0.15) is 23.2 Å². The first kappa shape index (κ1) is 21.8. The van der Waals surface area contributed by atoms with Crippen molar-refractivity contribution in [3.63, 3.8) is 0 Å². The van der Waals surface area contributed by atoms with Gasteiger partial charge in [-0.05, 0) is 45.3 Å². The minimum absolute atomic E-state index is 0.141. The molecule has 2 fully saturated rings. The summed E-state index contributed by atoms with van der Waals surface area (Å²) in [5.41, 5.74) is -0.548. The van der Waals surface area contributed by atoms with E-state index in [4.69, 9.17) is 9.47 Å². The quantitative estimate of drug-likeness (QED) is 0.347. The Bertz CT molecular complexity index is 434. The number of nitrogens with one attached hydrogen (secondary N) is 1. The Hall–Kier alpha value is -0.460. The van der Waals surface area contributed by atoms with E-state index < -0.39 is 23.2 Å². The largest absolute Gasteiger partial charge is 0.444 e. The SMILES string of the molecule is CCCCS[C@H](NC(=O)OC(C)(C)C)[C@H](O)[C@H]1O[C@@H]1CC1CCCCC1. The second kappa shape index (κ2) is 10.2. The smallest absolute Gasteiger partial charge is 0.408 e. The average molecular weight is 388 g/mol. The number of carbonyl (C=O) groups excluding carboxylic acids is 1. The number of ether oxygens (including phenoxy) is 2. The molecule has 0 radical (unpaired) electrons. The number of epoxide rings is 1. The van der Waals surface area contributed by atoms with Gasteiger partial charge in [0, 0.05) is 0 Å². The molecule has 1 aliphatic carbocycles. The summed E-state index contributed by atoms with van der Waals surface area (Å²) in [7, 11) is 0. The Balaban J connectivity index is 1.84. The van der Waals surface area contributed by atoms with Crippen LogP contribution in [0.1, 0.15) is 79.1 Å². The van der Waals surface area contributed by atoms with Gasteiger partial charge in [-0.2, -0.15) is 0 Å². The van der Waals surface area contributed by atoms with Crippen LogP contribution in [0.5, 0.6) is 0 Å². The number of thioether (sulfide) groups is 1. The third-order valence-electron chi connectivity index (χ3n) is 5.01. The van der Waals surface area contributed by atoms with Gasteiger partial charge in [-0.1, -0.05) is 45.4 Å². The molecule has 0 aromatic carbocycles. The molecule has 152 valence electrons. The number of alkyl carbamates (subject to hydrolysis) is 1. The van der Waals surface area contributed by atoms with Crippen molar-refractivity contribution in [2.24, 2.45) is 5.92 Å². The predicted molar refractivity (Wildman–Crippen MR) is 106 cm³/mol. The van der Waals surface area contributed by atoms with Crippen molar-refractivity contribution in [1.29, 1.82) is 0 Å². The highest BCUT2D eigenvalue weighted by Crippen LogP contribution is 2.38. The number of amides is 1. The van der Waals surface area contributed by atoms with Crippen LogP contribution in [0.25, 0.3) is 0 Å². The minimum Gasteiger partial charge on any atom is -0.444 e. The fraction of sp³-hybridized carbons (Fsp3) is 0.950. The molecule has 1 aliphatic heterocycles. The highest BCUT2D eigenvalue weighted by Gasteiger charge is 2.48. The fourth-order valence-electron chi connectivity index (χ4n) is 3.57. The molecule has 5 nitrogen and oxygen atoms in total. The maximum Gasteiger partial charge on any atom is 0.408 e. The molecule has 0 aromatic heterocycles. The van der Waals surface area contributed by atoms with Crippen molar-refractivity contribution < 1.29 is 19.4 Å². The first-order valence-corrected chi connectivity index (χ1v) is 11.3. The Morgan fingerprint density at radius 3 is 2.62 bits per heavy atom. The van der Waals surface area contributed by atoms with E-state index in [0.29, 0.717) is 0 Å². The van der Waals surface area contributed by atoms with Crippen molar-refractivity contribution in [3.8, 4) is 0 Å². The number of carbonyl (C=O) groups is 1. The van der Waals surface area contributed by atoms with Gasteiger partial charge in [0.05, 0.1) is 6.10 Å².